The summed E-state index contributed by atoms with van der Waals surface area (Å²) in [4.78, 5) is 8.76. The highest BCUT2D eigenvalue weighted by Gasteiger charge is 2.11. The molecule has 1 unspecified atom stereocenters. The zero-order chi connectivity index (χ0) is 14.9. The molecule has 21 heavy (non-hydrogen) atoms. The third-order valence-electron chi connectivity index (χ3n) is 3.94. The summed E-state index contributed by atoms with van der Waals surface area (Å²) < 4.78 is 0. The molecule has 0 aliphatic rings. The summed E-state index contributed by atoms with van der Waals surface area (Å²) in [6.45, 7) is 5.43. The average Bonchev–Trinajstić information content (AvgIpc) is 2.53. The van der Waals surface area contributed by atoms with Crippen molar-refractivity contribution in [2.75, 3.05) is 6.54 Å². The number of aromatic nitrogens is 2. The van der Waals surface area contributed by atoms with Crippen molar-refractivity contribution in [3.05, 3.63) is 36.2 Å². The number of nitrogens with one attached hydrogen (secondary N) is 1. The molecule has 1 atom stereocenters. The maximum absolute atomic E-state index is 4.41. The zero-order valence-electron chi connectivity index (χ0n) is 13.3. The van der Waals surface area contributed by atoms with Gasteiger partial charge in [-0.3, -0.25) is 9.97 Å². The fraction of sp³-hybridized carbons (Fsp3) is 0.556. The molecule has 0 bridgehead atoms. The topological polar surface area (TPSA) is 37.8 Å². The van der Waals surface area contributed by atoms with Crippen molar-refractivity contribution < 1.29 is 0 Å². The molecule has 114 valence electrons. The molecule has 1 aromatic heterocycles. The van der Waals surface area contributed by atoms with Crippen LogP contribution < -0.4 is 5.32 Å². The van der Waals surface area contributed by atoms with Crippen LogP contribution in [-0.2, 0) is 0 Å². The Bertz CT molecular complexity index is 539. The predicted molar refractivity (Wildman–Crippen MR) is 89.3 cm³/mol. The Hall–Kier alpha value is -1.48. The van der Waals surface area contributed by atoms with Crippen molar-refractivity contribution in [1.82, 2.24) is 15.3 Å². The van der Waals surface area contributed by atoms with Crippen LogP contribution in [0.2, 0.25) is 0 Å². The van der Waals surface area contributed by atoms with Gasteiger partial charge in [-0.2, -0.15) is 0 Å². The molecule has 0 spiro atoms. The number of nitrogens with zero attached hydrogens (tertiary/aromatic N) is 2. The smallest absolute Gasteiger partial charge is 0.0890 e. The monoisotopic (exact) mass is 285 g/mol. The van der Waals surface area contributed by atoms with E-state index in [0.717, 1.165) is 17.6 Å². The Labute approximate surface area is 128 Å². The van der Waals surface area contributed by atoms with E-state index in [1.165, 1.54) is 44.1 Å². The first-order valence-electron chi connectivity index (χ1n) is 8.29. The van der Waals surface area contributed by atoms with Gasteiger partial charge in [0.1, 0.15) is 0 Å². The van der Waals surface area contributed by atoms with Gasteiger partial charge in [-0.05, 0) is 30.7 Å². The van der Waals surface area contributed by atoms with E-state index in [1.807, 2.05) is 0 Å². The molecular weight excluding hydrogens is 258 g/mol. The van der Waals surface area contributed by atoms with Gasteiger partial charge in [0.2, 0.25) is 0 Å². The molecule has 0 saturated carbocycles. The summed E-state index contributed by atoms with van der Waals surface area (Å²) in [5.74, 6) is 0. The van der Waals surface area contributed by atoms with Gasteiger partial charge in [0, 0.05) is 18.4 Å². The Morgan fingerprint density at radius 2 is 1.71 bits per heavy atom. The van der Waals surface area contributed by atoms with E-state index in [-0.39, 0.29) is 0 Å². The highest BCUT2D eigenvalue weighted by molar-refractivity contribution is 5.74. The fourth-order valence-corrected chi connectivity index (χ4v) is 2.78. The van der Waals surface area contributed by atoms with Gasteiger partial charge in [-0.1, -0.05) is 52.0 Å². The summed E-state index contributed by atoms with van der Waals surface area (Å²) in [5, 5.41) is 3.61. The van der Waals surface area contributed by atoms with Crippen LogP contribution in [0.25, 0.3) is 11.0 Å². The minimum absolute atomic E-state index is 0.433. The molecule has 3 heteroatoms. The molecule has 0 amide bonds. The Balaban J connectivity index is 2.01. The zero-order valence-corrected chi connectivity index (χ0v) is 13.3. The second-order valence-electron chi connectivity index (χ2n) is 5.62. The summed E-state index contributed by atoms with van der Waals surface area (Å²) in [6.07, 6.45) is 11.4. The molecule has 1 N–H and O–H groups in total. The SMILES string of the molecule is CCCCCCCC(NCC)c1ccc2nccnc2c1. The lowest BCUT2D eigenvalue weighted by Crippen LogP contribution is -2.20. The molecule has 1 heterocycles. The standard InChI is InChI=1S/C18H27N3/c1-3-5-6-7-8-9-16(19-4-2)15-10-11-17-18(14-15)21-13-12-20-17/h10-14,16,19H,3-9H2,1-2H3. The minimum atomic E-state index is 0.433. The van der Waals surface area contributed by atoms with Gasteiger partial charge >= 0.3 is 0 Å². The van der Waals surface area contributed by atoms with Crippen molar-refractivity contribution in [2.24, 2.45) is 0 Å². The Morgan fingerprint density at radius 3 is 2.48 bits per heavy atom. The Kier molecular flexibility index (Phi) is 6.61. The van der Waals surface area contributed by atoms with E-state index in [4.69, 9.17) is 0 Å². The van der Waals surface area contributed by atoms with Crippen molar-refractivity contribution in [3.8, 4) is 0 Å². The van der Waals surface area contributed by atoms with Crippen LogP contribution in [0.3, 0.4) is 0 Å². The molecule has 0 radical (unpaired) electrons. The van der Waals surface area contributed by atoms with Crippen LogP contribution in [0.5, 0.6) is 0 Å². The van der Waals surface area contributed by atoms with E-state index < -0.39 is 0 Å². The maximum Gasteiger partial charge on any atom is 0.0890 e. The predicted octanol–water partition coefficient (Wildman–Crippen LogP) is 4.64. The molecule has 0 saturated heterocycles. The Morgan fingerprint density at radius 1 is 0.952 bits per heavy atom. The van der Waals surface area contributed by atoms with Crippen LogP contribution in [-0.4, -0.2) is 16.5 Å². The lowest BCUT2D eigenvalue weighted by Gasteiger charge is -2.18. The molecular formula is C18H27N3. The lowest BCUT2D eigenvalue weighted by molar-refractivity contribution is 0.479. The molecule has 3 nitrogen and oxygen atoms in total. The quantitative estimate of drug-likeness (QED) is 0.682. The van der Waals surface area contributed by atoms with Crippen molar-refractivity contribution >= 4 is 11.0 Å². The lowest BCUT2D eigenvalue weighted by atomic mass is 9.99. The summed E-state index contributed by atoms with van der Waals surface area (Å²) in [5.41, 5.74) is 3.30. The second kappa shape index (κ2) is 8.73. The van der Waals surface area contributed by atoms with Crippen LogP contribution in [0, 0.1) is 0 Å². The first-order chi connectivity index (χ1) is 10.3. The molecule has 0 aliphatic carbocycles. The van der Waals surface area contributed by atoms with Crippen molar-refractivity contribution in [1.29, 1.82) is 0 Å². The molecule has 2 aromatic rings. The van der Waals surface area contributed by atoms with Gasteiger partial charge in [0.15, 0.2) is 0 Å². The molecule has 0 aliphatic heterocycles. The number of hydrogen-bond donors (Lipinski definition) is 1. The first kappa shape index (κ1) is 15.9. The summed E-state index contributed by atoms with van der Waals surface area (Å²) >= 11 is 0. The summed E-state index contributed by atoms with van der Waals surface area (Å²) in [6, 6.07) is 6.89. The largest absolute Gasteiger partial charge is 0.310 e. The fourth-order valence-electron chi connectivity index (χ4n) is 2.78. The second-order valence-corrected chi connectivity index (χ2v) is 5.62. The van der Waals surface area contributed by atoms with Crippen LogP contribution in [0.1, 0.15) is 64.0 Å². The third-order valence-corrected chi connectivity index (χ3v) is 3.94. The van der Waals surface area contributed by atoms with Crippen LogP contribution in [0.4, 0.5) is 0 Å². The van der Waals surface area contributed by atoms with Gasteiger partial charge in [-0.25, -0.2) is 0 Å². The van der Waals surface area contributed by atoms with E-state index in [1.54, 1.807) is 12.4 Å². The number of benzene rings is 1. The van der Waals surface area contributed by atoms with E-state index in [0.29, 0.717) is 6.04 Å². The average molecular weight is 285 g/mol. The number of unbranched alkanes of at least 4 members (excludes halogenated alkanes) is 4. The first-order valence-corrected chi connectivity index (χ1v) is 8.29. The van der Waals surface area contributed by atoms with Gasteiger partial charge in [0.25, 0.3) is 0 Å². The third kappa shape index (κ3) is 4.78. The minimum Gasteiger partial charge on any atom is -0.310 e. The summed E-state index contributed by atoms with van der Waals surface area (Å²) in [7, 11) is 0. The molecule has 1 aromatic carbocycles. The van der Waals surface area contributed by atoms with E-state index >= 15 is 0 Å². The molecule has 2 rings (SSSR count). The van der Waals surface area contributed by atoms with Crippen molar-refractivity contribution in [3.63, 3.8) is 0 Å². The number of fused-ring (bicyclic) bond motifs is 1. The van der Waals surface area contributed by atoms with Crippen LogP contribution >= 0.6 is 0 Å². The highest BCUT2D eigenvalue weighted by atomic mass is 14.9. The van der Waals surface area contributed by atoms with Gasteiger partial charge in [-0.15, -0.1) is 0 Å². The van der Waals surface area contributed by atoms with Gasteiger partial charge in [0.05, 0.1) is 11.0 Å². The normalized spacial score (nSPS) is 12.7. The maximum atomic E-state index is 4.41. The number of rotatable bonds is 9. The van der Waals surface area contributed by atoms with E-state index in [9.17, 15) is 0 Å². The highest BCUT2D eigenvalue weighted by Crippen LogP contribution is 2.23. The number of hydrogen-bond acceptors (Lipinski definition) is 3. The van der Waals surface area contributed by atoms with Crippen LogP contribution in [0.15, 0.2) is 30.6 Å². The van der Waals surface area contributed by atoms with Crippen molar-refractivity contribution in [2.45, 2.75) is 58.4 Å². The molecule has 0 fully saturated rings. The van der Waals surface area contributed by atoms with Gasteiger partial charge < -0.3 is 5.32 Å². The van der Waals surface area contributed by atoms with E-state index in [2.05, 4.69) is 47.3 Å².